The molecule has 8 nitrogen and oxygen atoms in total. The van der Waals surface area contributed by atoms with Gasteiger partial charge in [0.15, 0.2) is 0 Å². The van der Waals surface area contributed by atoms with Crippen molar-refractivity contribution in [1.29, 1.82) is 0 Å². The SMILES string of the molecule is CCCCCCCCCCC/C=C/C(O)C(COP(=O)(O)OCC[N+](C)(C)C)NC(C)=O. The first-order valence-corrected chi connectivity index (χ1v) is 13.5. The van der Waals surface area contributed by atoms with Crippen molar-refractivity contribution in [3.8, 4) is 0 Å². The number of rotatable bonds is 20. The third-order valence-electron chi connectivity index (χ3n) is 5.04. The van der Waals surface area contributed by atoms with E-state index in [2.05, 4.69) is 12.2 Å². The van der Waals surface area contributed by atoms with Crippen molar-refractivity contribution < 1.29 is 32.9 Å². The van der Waals surface area contributed by atoms with Crippen molar-refractivity contribution in [1.82, 2.24) is 5.32 Å². The van der Waals surface area contributed by atoms with Gasteiger partial charge in [-0.05, 0) is 12.8 Å². The number of carbonyl (C=O) groups is 1. The molecule has 0 aliphatic heterocycles. The van der Waals surface area contributed by atoms with Crippen LogP contribution < -0.4 is 5.32 Å². The average molecular weight is 480 g/mol. The molecule has 3 unspecified atom stereocenters. The Kier molecular flexibility index (Phi) is 17.3. The number of hydrogen-bond acceptors (Lipinski definition) is 5. The molecular weight excluding hydrogens is 431 g/mol. The number of unbranched alkanes of at least 4 members (excludes halogenated alkanes) is 9. The third kappa shape index (κ3) is 19.9. The van der Waals surface area contributed by atoms with E-state index in [-0.39, 0.29) is 19.1 Å². The highest BCUT2D eigenvalue weighted by Gasteiger charge is 2.27. The second kappa shape index (κ2) is 17.7. The zero-order valence-electron chi connectivity index (χ0n) is 20.9. The van der Waals surface area contributed by atoms with Gasteiger partial charge in [0.05, 0.1) is 39.9 Å². The molecule has 0 saturated carbocycles. The van der Waals surface area contributed by atoms with Crippen LogP contribution in [0.4, 0.5) is 0 Å². The maximum Gasteiger partial charge on any atom is 0.472 e. The van der Waals surface area contributed by atoms with E-state index in [0.29, 0.717) is 11.0 Å². The van der Waals surface area contributed by atoms with Crippen molar-refractivity contribution in [3.63, 3.8) is 0 Å². The van der Waals surface area contributed by atoms with Crippen LogP contribution in [0.5, 0.6) is 0 Å². The molecule has 0 heterocycles. The van der Waals surface area contributed by atoms with E-state index in [4.69, 9.17) is 9.05 Å². The minimum Gasteiger partial charge on any atom is -0.387 e. The van der Waals surface area contributed by atoms with E-state index in [1.165, 1.54) is 51.9 Å². The number of nitrogens with one attached hydrogen (secondary N) is 1. The summed E-state index contributed by atoms with van der Waals surface area (Å²) < 4.78 is 22.6. The number of likely N-dealkylation sites (N-methyl/N-ethyl adjacent to an activating group) is 1. The third-order valence-corrected chi connectivity index (χ3v) is 6.03. The Hall–Kier alpha value is -0.760. The predicted octanol–water partition coefficient (Wildman–Crippen LogP) is 4.17. The number of hydrogen-bond donors (Lipinski definition) is 3. The molecule has 0 aliphatic rings. The number of phosphoric acid groups is 1. The molecule has 1 amide bonds. The first-order valence-electron chi connectivity index (χ1n) is 12.0. The van der Waals surface area contributed by atoms with Crippen LogP contribution in [-0.4, -0.2) is 73.4 Å². The number of phosphoric ester groups is 1. The molecule has 190 valence electrons. The highest BCUT2D eigenvalue weighted by Crippen LogP contribution is 2.43. The van der Waals surface area contributed by atoms with Crippen LogP contribution in [0.15, 0.2) is 12.2 Å². The summed E-state index contributed by atoms with van der Waals surface area (Å²) in [6, 6.07) is -0.839. The molecule has 32 heavy (non-hydrogen) atoms. The summed E-state index contributed by atoms with van der Waals surface area (Å²) in [5, 5.41) is 13.0. The van der Waals surface area contributed by atoms with E-state index in [0.717, 1.165) is 19.3 Å². The quantitative estimate of drug-likeness (QED) is 0.105. The van der Waals surface area contributed by atoms with Gasteiger partial charge in [0.25, 0.3) is 0 Å². The fourth-order valence-electron chi connectivity index (χ4n) is 3.07. The lowest BCUT2D eigenvalue weighted by Gasteiger charge is -2.25. The molecule has 0 aromatic carbocycles. The van der Waals surface area contributed by atoms with Gasteiger partial charge >= 0.3 is 7.82 Å². The zero-order valence-corrected chi connectivity index (χ0v) is 21.8. The molecule has 0 spiro atoms. The van der Waals surface area contributed by atoms with Crippen molar-refractivity contribution in [2.45, 2.75) is 90.2 Å². The van der Waals surface area contributed by atoms with Crippen LogP contribution in [0, 0.1) is 0 Å². The van der Waals surface area contributed by atoms with Gasteiger partial charge < -0.3 is 19.8 Å². The van der Waals surface area contributed by atoms with Crippen LogP contribution in [0.25, 0.3) is 0 Å². The molecule has 3 atom stereocenters. The first kappa shape index (κ1) is 31.2. The minimum absolute atomic E-state index is 0.0588. The number of aliphatic hydroxyl groups excluding tert-OH is 1. The molecule has 9 heteroatoms. The van der Waals surface area contributed by atoms with Gasteiger partial charge in [0, 0.05) is 6.92 Å². The standard InChI is InChI=1S/C23H47N2O6P/c1-6-7-8-9-10-11-12-13-14-15-16-17-23(27)22(24-21(2)26)20-31-32(28,29)30-19-18-25(3,4)5/h16-17,22-23,27H,6-15,18-20H2,1-5H3,(H-,24,26,28,29)/p+1/b17-16+. The monoisotopic (exact) mass is 479 g/mol. The van der Waals surface area contributed by atoms with Gasteiger partial charge in [-0.15, -0.1) is 0 Å². The van der Waals surface area contributed by atoms with Crippen molar-refractivity contribution >= 4 is 13.7 Å². The molecule has 0 bridgehead atoms. The Morgan fingerprint density at radius 1 is 1.03 bits per heavy atom. The average Bonchev–Trinajstić information content (AvgIpc) is 2.67. The Labute approximate surface area is 195 Å². The van der Waals surface area contributed by atoms with Crippen LogP contribution >= 0.6 is 7.82 Å². The molecule has 3 N–H and O–H groups in total. The van der Waals surface area contributed by atoms with Gasteiger partial charge in [-0.3, -0.25) is 13.8 Å². The number of allylic oxidation sites excluding steroid dienone is 1. The maximum absolute atomic E-state index is 12.1. The van der Waals surface area contributed by atoms with E-state index in [9.17, 15) is 19.4 Å². The summed E-state index contributed by atoms with van der Waals surface area (Å²) in [5.74, 6) is -0.358. The Morgan fingerprint density at radius 3 is 2.12 bits per heavy atom. The van der Waals surface area contributed by atoms with Gasteiger partial charge in [-0.25, -0.2) is 4.57 Å². The van der Waals surface area contributed by atoms with Gasteiger partial charge in [0.2, 0.25) is 5.91 Å². The van der Waals surface area contributed by atoms with Crippen LogP contribution in [0.1, 0.15) is 78.1 Å². The highest BCUT2D eigenvalue weighted by atomic mass is 31.2. The van der Waals surface area contributed by atoms with Gasteiger partial charge in [-0.2, -0.15) is 0 Å². The summed E-state index contributed by atoms with van der Waals surface area (Å²) in [5.41, 5.74) is 0. The number of amides is 1. The van der Waals surface area contributed by atoms with Crippen LogP contribution in [-0.2, 0) is 18.4 Å². The summed E-state index contributed by atoms with van der Waals surface area (Å²) in [4.78, 5) is 21.3. The molecule has 0 aliphatic carbocycles. The molecule has 0 aromatic heterocycles. The van der Waals surface area contributed by atoms with E-state index >= 15 is 0 Å². The number of quaternary nitrogens is 1. The second-order valence-corrected chi connectivity index (χ2v) is 10.9. The predicted molar refractivity (Wildman–Crippen MR) is 129 cm³/mol. The van der Waals surface area contributed by atoms with E-state index in [1.807, 2.05) is 27.2 Å². The number of aliphatic hydroxyl groups is 1. The molecular formula is C23H48N2O6P+. The van der Waals surface area contributed by atoms with E-state index < -0.39 is 20.0 Å². The summed E-state index contributed by atoms with van der Waals surface area (Å²) >= 11 is 0. The first-order chi connectivity index (χ1) is 15.0. The number of carbonyl (C=O) groups excluding carboxylic acids is 1. The van der Waals surface area contributed by atoms with Gasteiger partial charge in [0.1, 0.15) is 13.2 Å². The van der Waals surface area contributed by atoms with Crippen molar-refractivity contribution in [2.75, 3.05) is 40.9 Å². The second-order valence-electron chi connectivity index (χ2n) is 9.45. The lowest BCUT2D eigenvalue weighted by atomic mass is 10.1. The van der Waals surface area contributed by atoms with Gasteiger partial charge in [-0.1, -0.05) is 70.4 Å². The summed E-state index contributed by atoms with van der Waals surface area (Å²) in [6.45, 7) is 3.81. The largest absolute Gasteiger partial charge is 0.472 e. The lowest BCUT2D eigenvalue weighted by molar-refractivity contribution is -0.870. The Morgan fingerprint density at radius 2 is 1.59 bits per heavy atom. The van der Waals surface area contributed by atoms with Crippen LogP contribution in [0.3, 0.4) is 0 Å². The molecule has 0 aromatic rings. The minimum atomic E-state index is -4.27. The van der Waals surface area contributed by atoms with Crippen molar-refractivity contribution in [3.05, 3.63) is 12.2 Å². The zero-order chi connectivity index (χ0) is 24.5. The number of nitrogens with zero attached hydrogens (tertiary/aromatic N) is 1. The summed E-state index contributed by atoms with van der Waals surface area (Å²) in [7, 11) is 1.55. The molecule has 0 fully saturated rings. The van der Waals surface area contributed by atoms with Crippen molar-refractivity contribution in [2.24, 2.45) is 0 Å². The molecule has 0 saturated heterocycles. The maximum atomic E-state index is 12.1. The van der Waals surface area contributed by atoms with E-state index in [1.54, 1.807) is 6.08 Å². The lowest BCUT2D eigenvalue weighted by Crippen LogP contribution is -2.44. The van der Waals surface area contributed by atoms with Crippen LogP contribution in [0.2, 0.25) is 0 Å². The fraction of sp³-hybridized carbons (Fsp3) is 0.870. The fourth-order valence-corrected chi connectivity index (χ4v) is 3.81. The normalized spacial score (nSPS) is 16.1. The topological polar surface area (TPSA) is 105 Å². The summed E-state index contributed by atoms with van der Waals surface area (Å²) in [6.07, 6.45) is 14.6. The smallest absolute Gasteiger partial charge is 0.387 e. The molecule has 0 rings (SSSR count). The molecule has 0 radical (unpaired) electrons. The highest BCUT2D eigenvalue weighted by molar-refractivity contribution is 7.47. The Balaban J connectivity index is 4.27. The Bertz CT molecular complexity index is 565.